The molecule has 1 aliphatic carbocycles. The van der Waals surface area contributed by atoms with Crippen molar-refractivity contribution in [2.75, 3.05) is 19.0 Å². The molecule has 3 N–H and O–H groups in total. The quantitative estimate of drug-likeness (QED) is 0.287. The molecule has 2 rings (SSSR count). The fourth-order valence-electron chi connectivity index (χ4n) is 2.76. The van der Waals surface area contributed by atoms with E-state index in [1.54, 1.807) is 7.11 Å². The van der Waals surface area contributed by atoms with Gasteiger partial charge in [-0.05, 0) is 37.1 Å². The van der Waals surface area contributed by atoms with E-state index < -0.39 is 0 Å². The summed E-state index contributed by atoms with van der Waals surface area (Å²) in [6, 6.07) is 7.81. The van der Waals surface area contributed by atoms with Crippen molar-refractivity contribution in [3.8, 4) is 5.75 Å². The maximum absolute atomic E-state index is 6.04. The molecule has 0 saturated heterocycles. The van der Waals surface area contributed by atoms with Gasteiger partial charge in [0.15, 0.2) is 5.96 Å². The molecule has 6 heteroatoms. The summed E-state index contributed by atoms with van der Waals surface area (Å²) in [4.78, 5) is 4.62. The van der Waals surface area contributed by atoms with E-state index in [2.05, 4.69) is 31.1 Å². The molecule has 0 heterocycles. The summed E-state index contributed by atoms with van der Waals surface area (Å²) in [5.41, 5.74) is 6.97. The van der Waals surface area contributed by atoms with Crippen molar-refractivity contribution in [3.63, 3.8) is 0 Å². The fourth-order valence-corrected chi connectivity index (χ4v) is 2.76. The van der Waals surface area contributed by atoms with Crippen LogP contribution < -0.4 is 15.8 Å². The molecular weight excluding hydrogens is 417 g/mol. The Morgan fingerprint density at radius 1 is 1.33 bits per heavy atom. The fraction of sp³-hybridized carbons (Fsp3) is 0.611. The minimum atomic E-state index is 0. The van der Waals surface area contributed by atoms with Crippen molar-refractivity contribution < 1.29 is 9.47 Å². The predicted octanol–water partition coefficient (Wildman–Crippen LogP) is 4.02. The lowest BCUT2D eigenvalue weighted by Crippen LogP contribution is -2.54. The summed E-state index contributed by atoms with van der Waals surface area (Å²) in [7, 11) is 1.65. The molecule has 0 amide bonds. The van der Waals surface area contributed by atoms with Crippen molar-refractivity contribution in [1.29, 1.82) is 0 Å². The first-order valence-electron chi connectivity index (χ1n) is 8.33. The van der Waals surface area contributed by atoms with Gasteiger partial charge in [0.2, 0.25) is 0 Å². The number of halogens is 1. The standard InChI is InChI=1S/C18H29N3O2.HI/c1-5-6-11-23-16-12-15(18(16,2)3)21-17(19)20-13-7-9-14(22-4)10-8-13;/h7-10,15-16H,5-6,11-12H2,1-4H3,(H3,19,20,21);1H. The Morgan fingerprint density at radius 2 is 2.00 bits per heavy atom. The Bertz CT molecular complexity index is 532. The number of unbranched alkanes of at least 4 members (excludes halogenated alkanes) is 1. The highest BCUT2D eigenvalue weighted by Gasteiger charge is 2.49. The molecule has 1 saturated carbocycles. The van der Waals surface area contributed by atoms with Crippen molar-refractivity contribution in [3.05, 3.63) is 24.3 Å². The van der Waals surface area contributed by atoms with Crippen LogP contribution in [0, 0.1) is 5.41 Å². The summed E-state index contributed by atoms with van der Waals surface area (Å²) >= 11 is 0. The molecule has 1 aliphatic rings. The van der Waals surface area contributed by atoms with Crippen LogP contribution in [0.2, 0.25) is 0 Å². The minimum absolute atomic E-state index is 0. The van der Waals surface area contributed by atoms with Gasteiger partial charge >= 0.3 is 0 Å². The van der Waals surface area contributed by atoms with Crippen LogP contribution in [0.1, 0.15) is 40.0 Å². The van der Waals surface area contributed by atoms with Gasteiger partial charge in [-0.2, -0.15) is 0 Å². The maximum Gasteiger partial charge on any atom is 0.193 e. The van der Waals surface area contributed by atoms with Crippen LogP contribution in [0.25, 0.3) is 0 Å². The topological polar surface area (TPSA) is 68.9 Å². The average molecular weight is 447 g/mol. The number of benzene rings is 1. The number of anilines is 1. The molecule has 2 atom stereocenters. The SMILES string of the molecule is CCCCOC1CC(N=C(N)Nc2ccc(OC)cc2)C1(C)C.I. The van der Waals surface area contributed by atoms with Crippen molar-refractivity contribution >= 4 is 35.6 Å². The van der Waals surface area contributed by atoms with E-state index >= 15 is 0 Å². The van der Waals surface area contributed by atoms with E-state index in [4.69, 9.17) is 15.2 Å². The highest BCUT2D eigenvalue weighted by Crippen LogP contribution is 2.45. The number of nitrogens with two attached hydrogens (primary N) is 1. The summed E-state index contributed by atoms with van der Waals surface area (Å²) in [5.74, 6) is 1.26. The third kappa shape index (κ3) is 5.24. The number of nitrogens with zero attached hydrogens (tertiary/aromatic N) is 1. The Balaban J connectivity index is 0.00000288. The normalized spacial score (nSPS) is 22.2. The lowest BCUT2D eigenvalue weighted by atomic mass is 9.65. The monoisotopic (exact) mass is 447 g/mol. The second kappa shape index (κ2) is 9.46. The third-order valence-electron chi connectivity index (χ3n) is 4.60. The molecule has 136 valence electrons. The molecule has 0 spiro atoms. The highest BCUT2D eigenvalue weighted by atomic mass is 127. The summed E-state index contributed by atoms with van der Waals surface area (Å²) < 4.78 is 11.1. The molecule has 0 bridgehead atoms. The summed E-state index contributed by atoms with van der Waals surface area (Å²) in [6.45, 7) is 7.40. The number of aliphatic imine (C=N–C) groups is 1. The van der Waals surface area contributed by atoms with Crippen LogP contribution in [-0.4, -0.2) is 31.8 Å². The first-order valence-corrected chi connectivity index (χ1v) is 8.33. The van der Waals surface area contributed by atoms with Gasteiger partial charge in [0.1, 0.15) is 5.75 Å². The number of methoxy groups -OCH3 is 1. The van der Waals surface area contributed by atoms with E-state index in [0.717, 1.165) is 37.3 Å². The number of hydrogen-bond donors (Lipinski definition) is 2. The second-order valence-corrected chi connectivity index (χ2v) is 6.65. The summed E-state index contributed by atoms with van der Waals surface area (Å²) in [5, 5.41) is 3.13. The van der Waals surface area contributed by atoms with Gasteiger partial charge in [0.25, 0.3) is 0 Å². The first kappa shape index (κ1) is 21.0. The number of rotatable bonds is 7. The second-order valence-electron chi connectivity index (χ2n) is 6.65. The van der Waals surface area contributed by atoms with E-state index in [1.165, 1.54) is 0 Å². The Kier molecular flexibility index (Phi) is 8.29. The molecule has 1 fully saturated rings. The lowest BCUT2D eigenvalue weighted by Gasteiger charge is -2.49. The number of hydrogen-bond acceptors (Lipinski definition) is 3. The molecule has 0 aliphatic heterocycles. The van der Waals surface area contributed by atoms with Crippen molar-refractivity contribution in [2.24, 2.45) is 16.1 Å². The predicted molar refractivity (Wildman–Crippen MR) is 110 cm³/mol. The number of guanidine groups is 1. The van der Waals surface area contributed by atoms with Gasteiger partial charge in [0, 0.05) is 17.7 Å². The molecule has 24 heavy (non-hydrogen) atoms. The molecular formula is C18H30IN3O2. The van der Waals surface area contributed by atoms with Crippen molar-refractivity contribution in [2.45, 2.75) is 52.2 Å². The Morgan fingerprint density at radius 3 is 2.54 bits per heavy atom. The van der Waals surface area contributed by atoms with Crippen LogP contribution in [0.15, 0.2) is 29.3 Å². The molecule has 1 aromatic carbocycles. The average Bonchev–Trinajstić information content (AvgIpc) is 2.54. The van der Waals surface area contributed by atoms with Gasteiger partial charge in [0.05, 0.1) is 19.3 Å². The largest absolute Gasteiger partial charge is 0.497 e. The van der Waals surface area contributed by atoms with Gasteiger partial charge in [-0.1, -0.05) is 27.2 Å². The number of ether oxygens (including phenoxy) is 2. The van der Waals surface area contributed by atoms with Gasteiger partial charge in [-0.25, -0.2) is 4.99 Å². The van der Waals surface area contributed by atoms with Crippen molar-refractivity contribution in [1.82, 2.24) is 0 Å². The third-order valence-corrected chi connectivity index (χ3v) is 4.60. The van der Waals surface area contributed by atoms with Gasteiger partial charge < -0.3 is 20.5 Å². The van der Waals surface area contributed by atoms with E-state index in [9.17, 15) is 0 Å². The molecule has 5 nitrogen and oxygen atoms in total. The minimum Gasteiger partial charge on any atom is -0.497 e. The number of nitrogens with one attached hydrogen (secondary N) is 1. The van der Waals surface area contributed by atoms with Crippen LogP contribution in [-0.2, 0) is 4.74 Å². The first-order chi connectivity index (χ1) is 11.0. The van der Waals surface area contributed by atoms with E-state index in [0.29, 0.717) is 5.96 Å². The van der Waals surface area contributed by atoms with Crippen LogP contribution >= 0.6 is 24.0 Å². The molecule has 1 aromatic rings. The Labute approximate surface area is 162 Å². The van der Waals surface area contributed by atoms with Crippen LogP contribution in [0.3, 0.4) is 0 Å². The smallest absolute Gasteiger partial charge is 0.193 e. The van der Waals surface area contributed by atoms with Crippen LogP contribution in [0.4, 0.5) is 5.69 Å². The maximum atomic E-state index is 6.04. The lowest BCUT2D eigenvalue weighted by molar-refractivity contribution is -0.107. The highest BCUT2D eigenvalue weighted by molar-refractivity contribution is 14.0. The molecule has 0 radical (unpaired) electrons. The zero-order valence-electron chi connectivity index (χ0n) is 15.0. The zero-order chi connectivity index (χ0) is 16.9. The van der Waals surface area contributed by atoms with Gasteiger partial charge in [-0.15, -0.1) is 24.0 Å². The zero-order valence-corrected chi connectivity index (χ0v) is 17.4. The van der Waals surface area contributed by atoms with Crippen LogP contribution in [0.5, 0.6) is 5.75 Å². The molecule has 2 unspecified atom stereocenters. The van der Waals surface area contributed by atoms with Gasteiger partial charge in [-0.3, -0.25) is 0 Å². The van der Waals surface area contributed by atoms with E-state index in [-0.39, 0.29) is 41.5 Å². The summed E-state index contributed by atoms with van der Waals surface area (Å²) in [6.07, 6.45) is 3.48. The van der Waals surface area contributed by atoms with E-state index in [1.807, 2.05) is 24.3 Å². The molecule has 0 aromatic heterocycles. The Hall–Kier alpha value is -1.02.